The third-order valence-electron chi connectivity index (χ3n) is 3.85. The lowest BCUT2D eigenvalue weighted by atomic mass is 10.0. The molecule has 1 aromatic carbocycles. The van der Waals surface area contributed by atoms with E-state index >= 15 is 0 Å². The smallest absolute Gasteiger partial charge is 0.139 e. The highest BCUT2D eigenvalue weighted by Gasteiger charge is 2.32. The second-order valence-corrected chi connectivity index (χ2v) is 6.35. The molecule has 1 aliphatic rings. The first kappa shape index (κ1) is 15.8. The number of aliphatic hydroxyl groups is 1. The molecule has 2 aromatic rings. The largest absolute Gasteiger partial charge is 0.399 e. The van der Waals surface area contributed by atoms with Gasteiger partial charge in [-0.2, -0.15) is 0 Å². The maximum atomic E-state index is 10.4. The molecule has 3 N–H and O–H groups in total. The minimum Gasteiger partial charge on any atom is -0.399 e. The summed E-state index contributed by atoms with van der Waals surface area (Å²) in [7, 11) is 1.98. The Balaban J connectivity index is 1.89. The molecule has 0 amide bonds. The standard InChI is InChI=1S/C18H18ClN3O/c1-22-8-7-18(23,12-22)6-5-13-3-2-4-14(9-13)16-10-15(20)11-17(19)21-16/h2-4,9-11,23H,7-8,12H2,1H3,(H2,20,21)/t18-/m0/s1. The van der Waals surface area contributed by atoms with Gasteiger partial charge in [0, 0.05) is 36.3 Å². The number of nitrogens with zero attached hydrogens (tertiary/aromatic N) is 2. The van der Waals surface area contributed by atoms with Gasteiger partial charge in [0.25, 0.3) is 0 Å². The van der Waals surface area contributed by atoms with Crippen LogP contribution in [0.5, 0.6) is 0 Å². The van der Waals surface area contributed by atoms with E-state index < -0.39 is 5.60 Å². The zero-order valence-electron chi connectivity index (χ0n) is 12.9. The first-order valence-corrected chi connectivity index (χ1v) is 7.79. The topological polar surface area (TPSA) is 62.4 Å². The van der Waals surface area contributed by atoms with Crippen LogP contribution in [-0.4, -0.2) is 40.7 Å². The average molecular weight is 328 g/mol. The summed E-state index contributed by atoms with van der Waals surface area (Å²) in [5, 5.41) is 10.8. The lowest BCUT2D eigenvalue weighted by molar-refractivity contribution is 0.112. The van der Waals surface area contributed by atoms with Gasteiger partial charge in [0.15, 0.2) is 0 Å². The van der Waals surface area contributed by atoms with Crippen molar-refractivity contribution in [2.24, 2.45) is 0 Å². The summed E-state index contributed by atoms with van der Waals surface area (Å²) in [6, 6.07) is 11.1. The van der Waals surface area contributed by atoms with Gasteiger partial charge >= 0.3 is 0 Å². The van der Waals surface area contributed by atoms with Crippen LogP contribution in [0.2, 0.25) is 5.15 Å². The fourth-order valence-corrected chi connectivity index (χ4v) is 2.91. The zero-order chi connectivity index (χ0) is 16.4. The molecule has 1 atom stereocenters. The zero-order valence-corrected chi connectivity index (χ0v) is 13.6. The fraction of sp³-hybridized carbons (Fsp3) is 0.278. The Morgan fingerprint density at radius 2 is 2.17 bits per heavy atom. The van der Waals surface area contributed by atoms with Gasteiger partial charge in [-0.15, -0.1) is 0 Å². The van der Waals surface area contributed by atoms with E-state index in [2.05, 4.69) is 21.7 Å². The number of likely N-dealkylation sites (N-methyl/N-ethyl adjacent to an activating group) is 1. The van der Waals surface area contributed by atoms with Gasteiger partial charge in [0.05, 0.1) is 5.69 Å². The van der Waals surface area contributed by atoms with E-state index in [1.165, 1.54) is 0 Å². The third-order valence-corrected chi connectivity index (χ3v) is 4.05. The van der Waals surface area contributed by atoms with E-state index in [0.717, 1.165) is 17.7 Å². The lowest BCUT2D eigenvalue weighted by Gasteiger charge is -2.14. The number of likely N-dealkylation sites (tertiary alicyclic amines) is 1. The average Bonchev–Trinajstić information content (AvgIpc) is 2.85. The summed E-state index contributed by atoms with van der Waals surface area (Å²) in [5.74, 6) is 6.07. The van der Waals surface area contributed by atoms with Crippen molar-refractivity contribution in [2.45, 2.75) is 12.0 Å². The van der Waals surface area contributed by atoms with Crippen molar-refractivity contribution in [3.63, 3.8) is 0 Å². The van der Waals surface area contributed by atoms with Gasteiger partial charge in [0.2, 0.25) is 0 Å². The van der Waals surface area contributed by atoms with Crippen molar-refractivity contribution in [1.82, 2.24) is 9.88 Å². The van der Waals surface area contributed by atoms with Crippen molar-refractivity contribution in [1.29, 1.82) is 0 Å². The van der Waals surface area contributed by atoms with Crippen molar-refractivity contribution >= 4 is 17.3 Å². The molecule has 1 aromatic heterocycles. The maximum Gasteiger partial charge on any atom is 0.139 e. The summed E-state index contributed by atoms with van der Waals surface area (Å²) >= 11 is 5.96. The molecule has 2 heterocycles. The van der Waals surface area contributed by atoms with Crippen molar-refractivity contribution in [3.8, 4) is 23.1 Å². The molecule has 0 unspecified atom stereocenters. The minimum atomic E-state index is -0.927. The Labute approximate surface area is 140 Å². The van der Waals surface area contributed by atoms with Gasteiger partial charge in [-0.05, 0) is 31.3 Å². The molecule has 23 heavy (non-hydrogen) atoms. The predicted molar refractivity (Wildman–Crippen MR) is 93.0 cm³/mol. The van der Waals surface area contributed by atoms with Crippen LogP contribution in [0.1, 0.15) is 12.0 Å². The number of aromatic nitrogens is 1. The fourth-order valence-electron chi connectivity index (χ4n) is 2.69. The number of rotatable bonds is 1. The molecule has 1 fully saturated rings. The summed E-state index contributed by atoms with van der Waals surface area (Å²) in [6.45, 7) is 1.43. The van der Waals surface area contributed by atoms with E-state index in [9.17, 15) is 5.11 Å². The van der Waals surface area contributed by atoms with Crippen molar-refractivity contribution in [2.75, 3.05) is 25.9 Å². The van der Waals surface area contributed by atoms with Crippen LogP contribution in [0.4, 0.5) is 5.69 Å². The molecule has 118 valence electrons. The highest BCUT2D eigenvalue weighted by atomic mass is 35.5. The molecule has 0 radical (unpaired) electrons. The van der Waals surface area contributed by atoms with Crippen LogP contribution in [-0.2, 0) is 0 Å². The SMILES string of the molecule is CN1CC[C@@](O)(C#Cc2cccc(-c3cc(N)cc(Cl)n3)c2)C1. The molecular formula is C18H18ClN3O. The number of β-amino-alcohol motifs (C(OH)–C–C–N with tert-alkyl or cyclic N) is 1. The molecule has 0 bridgehead atoms. The summed E-state index contributed by atoms with van der Waals surface area (Å²) in [5.41, 5.74) is 7.88. The molecule has 0 aliphatic carbocycles. The molecule has 3 rings (SSSR count). The van der Waals surface area contributed by atoms with Gasteiger partial charge in [-0.25, -0.2) is 4.98 Å². The van der Waals surface area contributed by atoms with Gasteiger partial charge in [-0.1, -0.05) is 35.6 Å². The van der Waals surface area contributed by atoms with Gasteiger partial charge in [-0.3, -0.25) is 0 Å². The monoisotopic (exact) mass is 327 g/mol. The first-order chi connectivity index (χ1) is 10.9. The molecule has 1 saturated heterocycles. The minimum absolute atomic E-state index is 0.361. The summed E-state index contributed by atoms with van der Waals surface area (Å²) in [6.07, 6.45) is 0.669. The highest BCUT2D eigenvalue weighted by molar-refractivity contribution is 6.29. The van der Waals surface area contributed by atoms with Crippen LogP contribution in [0.25, 0.3) is 11.3 Å². The number of pyridine rings is 1. The Kier molecular flexibility index (Phi) is 4.27. The summed E-state index contributed by atoms with van der Waals surface area (Å²) in [4.78, 5) is 6.36. The maximum absolute atomic E-state index is 10.4. The second kappa shape index (κ2) is 6.21. The van der Waals surface area contributed by atoms with E-state index in [1.54, 1.807) is 12.1 Å². The number of hydrogen-bond acceptors (Lipinski definition) is 4. The number of hydrogen-bond donors (Lipinski definition) is 2. The predicted octanol–water partition coefficient (Wildman–Crippen LogP) is 2.40. The molecule has 1 aliphatic heterocycles. The van der Waals surface area contributed by atoms with Gasteiger partial charge < -0.3 is 15.7 Å². The third kappa shape index (κ3) is 3.83. The Morgan fingerprint density at radius 1 is 1.35 bits per heavy atom. The number of halogens is 1. The second-order valence-electron chi connectivity index (χ2n) is 5.96. The normalized spacial score (nSPS) is 21.0. The highest BCUT2D eigenvalue weighted by Crippen LogP contribution is 2.23. The molecule has 0 saturated carbocycles. The van der Waals surface area contributed by atoms with Crippen LogP contribution in [0.3, 0.4) is 0 Å². The first-order valence-electron chi connectivity index (χ1n) is 7.41. The van der Waals surface area contributed by atoms with E-state index in [-0.39, 0.29) is 0 Å². The summed E-state index contributed by atoms with van der Waals surface area (Å²) < 4.78 is 0. The van der Waals surface area contributed by atoms with E-state index in [4.69, 9.17) is 17.3 Å². The number of benzene rings is 1. The number of nitrogens with two attached hydrogens (primary N) is 1. The molecular weight excluding hydrogens is 310 g/mol. The number of anilines is 1. The number of nitrogen functional groups attached to an aromatic ring is 1. The van der Waals surface area contributed by atoms with Crippen LogP contribution >= 0.6 is 11.6 Å². The Morgan fingerprint density at radius 3 is 2.87 bits per heavy atom. The Hall–Kier alpha value is -2.06. The molecule has 0 spiro atoms. The van der Waals surface area contributed by atoms with Crippen LogP contribution in [0, 0.1) is 11.8 Å². The van der Waals surface area contributed by atoms with Crippen LogP contribution in [0.15, 0.2) is 36.4 Å². The lowest BCUT2D eigenvalue weighted by Crippen LogP contribution is -2.29. The van der Waals surface area contributed by atoms with E-state index in [0.29, 0.717) is 29.5 Å². The van der Waals surface area contributed by atoms with E-state index in [1.807, 2.05) is 31.3 Å². The molecule has 4 nitrogen and oxygen atoms in total. The van der Waals surface area contributed by atoms with Gasteiger partial charge in [0.1, 0.15) is 10.8 Å². The Bertz CT molecular complexity index is 776. The van der Waals surface area contributed by atoms with Crippen molar-refractivity contribution < 1.29 is 5.11 Å². The van der Waals surface area contributed by atoms with Crippen LogP contribution < -0.4 is 5.73 Å². The molecule has 5 heteroatoms. The van der Waals surface area contributed by atoms with Crippen molar-refractivity contribution in [3.05, 3.63) is 47.1 Å². The quantitative estimate of drug-likeness (QED) is 0.623.